The molecular weight excluding hydrogens is 270 g/mol. The van der Waals surface area contributed by atoms with Crippen LogP contribution < -0.4 is 5.73 Å². The van der Waals surface area contributed by atoms with Gasteiger partial charge in [-0.15, -0.1) is 0 Å². The molecule has 0 spiro atoms. The van der Waals surface area contributed by atoms with Crippen LogP contribution in [0.5, 0.6) is 0 Å². The fourth-order valence-corrected chi connectivity index (χ4v) is 2.82. The van der Waals surface area contributed by atoms with Crippen LogP contribution in [-0.2, 0) is 0 Å². The Kier molecular flexibility index (Phi) is 7.52. The highest BCUT2D eigenvalue weighted by Crippen LogP contribution is 2.25. The van der Waals surface area contributed by atoms with E-state index in [4.69, 9.17) is 17.3 Å². The van der Waals surface area contributed by atoms with Crippen molar-refractivity contribution in [1.82, 2.24) is 9.80 Å². The van der Waals surface area contributed by atoms with Crippen molar-refractivity contribution in [3.05, 3.63) is 34.9 Å². The Morgan fingerprint density at radius 2 is 1.95 bits per heavy atom. The van der Waals surface area contributed by atoms with Crippen LogP contribution in [0.1, 0.15) is 31.9 Å². The molecule has 0 saturated heterocycles. The highest BCUT2D eigenvalue weighted by Gasteiger charge is 2.22. The first-order valence-electron chi connectivity index (χ1n) is 7.35. The molecule has 0 saturated carbocycles. The molecule has 0 aliphatic heterocycles. The number of nitrogens with two attached hydrogens (primary N) is 1. The van der Waals surface area contributed by atoms with E-state index in [2.05, 4.69) is 43.8 Å². The molecule has 4 heteroatoms. The van der Waals surface area contributed by atoms with Crippen molar-refractivity contribution in [2.45, 2.75) is 32.4 Å². The number of hydrogen-bond acceptors (Lipinski definition) is 3. The van der Waals surface area contributed by atoms with Gasteiger partial charge < -0.3 is 10.6 Å². The van der Waals surface area contributed by atoms with Gasteiger partial charge in [0, 0.05) is 23.7 Å². The second kappa shape index (κ2) is 8.63. The lowest BCUT2D eigenvalue weighted by Gasteiger charge is -2.34. The molecule has 0 bridgehead atoms. The number of halogens is 1. The minimum atomic E-state index is 0.0766. The van der Waals surface area contributed by atoms with Crippen molar-refractivity contribution in [3.8, 4) is 0 Å². The molecule has 0 heterocycles. The van der Waals surface area contributed by atoms with E-state index in [0.717, 1.165) is 31.1 Å². The average molecular weight is 298 g/mol. The van der Waals surface area contributed by atoms with Crippen molar-refractivity contribution in [1.29, 1.82) is 0 Å². The van der Waals surface area contributed by atoms with Crippen LogP contribution in [0.4, 0.5) is 0 Å². The van der Waals surface area contributed by atoms with Gasteiger partial charge in [-0.3, -0.25) is 4.90 Å². The molecule has 1 aromatic rings. The van der Waals surface area contributed by atoms with Gasteiger partial charge in [-0.25, -0.2) is 0 Å². The van der Waals surface area contributed by atoms with E-state index >= 15 is 0 Å². The van der Waals surface area contributed by atoms with Crippen molar-refractivity contribution in [2.24, 2.45) is 5.73 Å². The zero-order valence-corrected chi connectivity index (χ0v) is 13.9. The van der Waals surface area contributed by atoms with E-state index in [-0.39, 0.29) is 12.1 Å². The number of rotatable bonds is 8. The van der Waals surface area contributed by atoms with Crippen LogP contribution in [0.15, 0.2) is 24.3 Å². The Hall–Kier alpha value is -0.610. The van der Waals surface area contributed by atoms with E-state index in [9.17, 15) is 0 Å². The van der Waals surface area contributed by atoms with E-state index < -0.39 is 0 Å². The summed E-state index contributed by atoms with van der Waals surface area (Å²) in [5.74, 6) is 0. The summed E-state index contributed by atoms with van der Waals surface area (Å²) in [5, 5.41) is 0.775. The molecule has 0 aliphatic carbocycles. The molecule has 2 atom stereocenters. The van der Waals surface area contributed by atoms with Crippen molar-refractivity contribution >= 4 is 11.6 Å². The minimum absolute atomic E-state index is 0.0766. The number of nitrogens with zero attached hydrogens (tertiary/aromatic N) is 2. The highest BCUT2D eigenvalue weighted by atomic mass is 35.5. The van der Waals surface area contributed by atoms with Gasteiger partial charge in [0.25, 0.3) is 0 Å². The first kappa shape index (κ1) is 17.4. The third-order valence-corrected chi connectivity index (χ3v) is 3.77. The summed E-state index contributed by atoms with van der Waals surface area (Å²) in [6.45, 7) is 7.40. The van der Waals surface area contributed by atoms with E-state index in [0.29, 0.717) is 0 Å². The first-order valence-corrected chi connectivity index (χ1v) is 7.73. The average Bonchev–Trinajstić information content (AvgIpc) is 2.36. The van der Waals surface area contributed by atoms with Gasteiger partial charge in [0.05, 0.1) is 0 Å². The Labute approximate surface area is 128 Å². The van der Waals surface area contributed by atoms with Gasteiger partial charge >= 0.3 is 0 Å². The van der Waals surface area contributed by atoms with Crippen LogP contribution in [0, 0.1) is 0 Å². The van der Waals surface area contributed by atoms with Crippen molar-refractivity contribution in [3.63, 3.8) is 0 Å². The molecule has 0 aliphatic rings. The zero-order valence-electron chi connectivity index (χ0n) is 13.1. The molecule has 2 N–H and O–H groups in total. The number of likely N-dealkylation sites (N-methyl/N-ethyl adjacent to an activating group) is 1. The third-order valence-electron chi connectivity index (χ3n) is 3.54. The molecule has 0 aromatic heterocycles. The fraction of sp³-hybridized carbons (Fsp3) is 0.625. The van der Waals surface area contributed by atoms with Crippen LogP contribution in [0.25, 0.3) is 0 Å². The Bertz CT molecular complexity index is 393. The van der Waals surface area contributed by atoms with Gasteiger partial charge in [-0.05, 0) is 58.2 Å². The highest BCUT2D eigenvalue weighted by molar-refractivity contribution is 6.30. The molecule has 0 amide bonds. The molecular formula is C16H28ClN3. The van der Waals surface area contributed by atoms with Crippen LogP contribution in [-0.4, -0.2) is 49.6 Å². The molecule has 1 aromatic carbocycles. The zero-order chi connectivity index (χ0) is 15.1. The monoisotopic (exact) mass is 297 g/mol. The fourth-order valence-electron chi connectivity index (χ4n) is 2.62. The Morgan fingerprint density at radius 1 is 1.25 bits per heavy atom. The lowest BCUT2D eigenvalue weighted by molar-refractivity contribution is 0.177. The van der Waals surface area contributed by atoms with Gasteiger partial charge in [-0.1, -0.05) is 30.7 Å². The quantitative estimate of drug-likeness (QED) is 0.800. The van der Waals surface area contributed by atoms with Gasteiger partial charge in [0.1, 0.15) is 0 Å². The summed E-state index contributed by atoms with van der Waals surface area (Å²) in [6, 6.07) is 8.36. The maximum atomic E-state index is 6.23. The van der Waals surface area contributed by atoms with Crippen LogP contribution >= 0.6 is 11.6 Å². The number of hydrogen-bond donors (Lipinski definition) is 1. The third kappa shape index (κ3) is 5.41. The van der Waals surface area contributed by atoms with E-state index in [1.165, 1.54) is 5.56 Å². The lowest BCUT2D eigenvalue weighted by Crippen LogP contribution is -2.40. The Morgan fingerprint density at radius 3 is 2.45 bits per heavy atom. The molecule has 114 valence electrons. The molecule has 0 radical (unpaired) electrons. The molecule has 1 rings (SSSR count). The molecule has 2 unspecified atom stereocenters. The maximum Gasteiger partial charge on any atom is 0.0496 e. The predicted octanol–water partition coefficient (Wildman–Crippen LogP) is 3.00. The molecule has 0 fully saturated rings. The summed E-state index contributed by atoms with van der Waals surface area (Å²) in [7, 11) is 4.21. The topological polar surface area (TPSA) is 32.5 Å². The largest absolute Gasteiger partial charge is 0.326 e. The Balaban J connectivity index is 2.82. The first-order chi connectivity index (χ1) is 9.45. The van der Waals surface area contributed by atoms with Crippen LogP contribution in [0.2, 0.25) is 5.02 Å². The van der Waals surface area contributed by atoms with Gasteiger partial charge in [0.15, 0.2) is 0 Å². The SMILES string of the molecule is CCN(CCCN(C)C)C(c1cccc(Cl)c1)C(C)N. The van der Waals surface area contributed by atoms with Crippen molar-refractivity contribution in [2.75, 3.05) is 33.7 Å². The van der Waals surface area contributed by atoms with E-state index in [1.54, 1.807) is 0 Å². The van der Waals surface area contributed by atoms with Gasteiger partial charge in [-0.2, -0.15) is 0 Å². The van der Waals surface area contributed by atoms with E-state index in [1.807, 2.05) is 18.2 Å². The second-order valence-corrected chi connectivity index (χ2v) is 6.08. The summed E-state index contributed by atoms with van der Waals surface area (Å²) in [4.78, 5) is 4.66. The standard InChI is InChI=1S/C16H28ClN3/c1-5-20(11-7-10-19(3)4)16(13(2)18)14-8-6-9-15(17)12-14/h6,8-9,12-13,16H,5,7,10-11,18H2,1-4H3. The second-order valence-electron chi connectivity index (χ2n) is 5.64. The number of benzene rings is 1. The molecule has 3 nitrogen and oxygen atoms in total. The summed E-state index contributed by atoms with van der Waals surface area (Å²) in [6.07, 6.45) is 1.14. The molecule has 20 heavy (non-hydrogen) atoms. The maximum absolute atomic E-state index is 6.23. The smallest absolute Gasteiger partial charge is 0.0496 e. The minimum Gasteiger partial charge on any atom is -0.326 e. The summed E-state index contributed by atoms with van der Waals surface area (Å²) < 4.78 is 0. The summed E-state index contributed by atoms with van der Waals surface area (Å²) in [5.41, 5.74) is 7.44. The van der Waals surface area contributed by atoms with Gasteiger partial charge in [0.2, 0.25) is 0 Å². The lowest BCUT2D eigenvalue weighted by atomic mass is 9.99. The van der Waals surface area contributed by atoms with Crippen molar-refractivity contribution < 1.29 is 0 Å². The summed E-state index contributed by atoms with van der Waals surface area (Å²) >= 11 is 6.12. The normalized spacial score (nSPS) is 14.8. The predicted molar refractivity (Wildman–Crippen MR) is 88.3 cm³/mol. The van der Waals surface area contributed by atoms with Crippen LogP contribution in [0.3, 0.4) is 0 Å².